The fourth-order valence-corrected chi connectivity index (χ4v) is 5.12. The monoisotopic (exact) mass is 558 g/mol. The van der Waals surface area contributed by atoms with Crippen molar-refractivity contribution in [2.24, 2.45) is 0 Å². The van der Waals surface area contributed by atoms with E-state index in [1.54, 1.807) is 0 Å². The van der Waals surface area contributed by atoms with Crippen molar-refractivity contribution < 1.29 is 4.73 Å². The van der Waals surface area contributed by atoms with E-state index in [4.69, 9.17) is 0 Å². The Labute approximate surface area is 248 Å². The molecule has 0 fully saturated rings. The van der Waals surface area contributed by atoms with Gasteiger partial charge in [-0.15, -0.1) is 0 Å². The number of hydrogen-bond acceptors (Lipinski definition) is 4. The van der Waals surface area contributed by atoms with Crippen molar-refractivity contribution in [2.45, 2.75) is 0 Å². The number of pyridine rings is 2. The van der Waals surface area contributed by atoms with Crippen molar-refractivity contribution in [2.75, 3.05) is 0 Å². The van der Waals surface area contributed by atoms with Crippen LogP contribution in [0.25, 0.3) is 55.7 Å². The Kier molecular flexibility index (Phi) is 6.87. The standard InChI is InChI=1S/C18H13N3O.C18H13N3/c22-20-10-8-14(9-11-20)15-6-7-18-17(12-15)19-13-21(18)16-4-2-1-3-5-16;1-2-4-16(5-3-1)21-13-20-17-12-15(6-7-18(17)21)14-8-10-19-11-9-14/h1-13H;1-13H. The van der Waals surface area contributed by atoms with Crippen LogP contribution in [0.5, 0.6) is 0 Å². The summed E-state index contributed by atoms with van der Waals surface area (Å²) in [6.07, 6.45) is 10.3. The molecule has 206 valence electrons. The van der Waals surface area contributed by atoms with E-state index in [9.17, 15) is 5.21 Å². The van der Waals surface area contributed by atoms with Crippen LogP contribution in [0.3, 0.4) is 0 Å². The molecule has 4 aromatic carbocycles. The fraction of sp³-hybridized carbons (Fsp3) is 0. The Morgan fingerprint density at radius 1 is 0.488 bits per heavy atom. The van der Waals surface area contributed by atoms with E-state index in [-0.39, 0.29) is 0 Å². The molecule has 0 spiro atoms. The van der Waals surface area contributed by atoms with E-state index in [1.807, 2.05) is 97.8 Å². The topological polar surface area (TPSA) is 75.5 Å². The summed E-state index contributed by atoms with van der Waals surface area (Å²) in [5, 5.41) is 11.1. The molecular weight excluding hydrogens is 532 g/mol. The van der Waals surface area contributed by atoms with Crippen LogP contribution in [0.2, 0.25) is 0 Å². The predicted octanol–water partition coefficient (Wildman–Crippen LogP) is 7.41. The molecule has 0 saturated heterocycles. The maximum absolute atomic E-state index is 11.1. The van der Waals surface area contributed by atoms with Gasteiger partial charge in [-0.2, -0.15) is 4.73 Å². The van der Waals surface area contributed by atoms with Gasteiger partial charge in [0.25, 0.3) is 0 Å². The van der Waals surface area contributed by atoms with Crippen molar-refractivity contribution in [3.63, 3.8) is 0 Å². The summed E-state index contributed by atoms with van der Waals surface area (Å²) in [7, 11) is 0. The number of fused-ring (bicyclic) bond motifs is 2. The van der Waals surface area contributed by atoms with Gasteiger partial charge in [-0.1, -0.05) is 48.5 Å². The molecule has 8 aromatic rings. The zero-order valence-electron chi connectivity index (χ0n) is 23.1. The highest BCUT2D eigenvalue weighted by Crippen LogP contribution is 2.26. The highest BCUT2D eigenvalue weighted by Gasteiger charge is 2.08. The molecule has 4 heterocycles. The smallest absolute Gasteiger partial charge is 0.180 e. The van der Waals surface area contributed by atoms with E-state index in [1.165, 1.54) is 12.4 Å². The van der Waals surface area contributed by atoms with Crippen molar-refractivity contribution in [1.29, 1.82) is 0 Å². The minimum Gasteiger partial charge on any atom is -0.619 e. The van der Waals surface area contributed by atoms with Gasteiger partial charge in [0.2, 0.25) is 0 Å². The number of imidazole rings is 2. The first-order valence-corrected chi connectivity index (χ1v) is 13.9. The largest absolute Gasteiger partial charge is 0.619 e. The number of benzene rings is 4. The van der Waals surface area contributed by atoms with Crippen LogP contribution in [-0.4, -0.2) is 24.1 Å². The average molecular weight is 559 g/mol. The zero-order valence-corrected chi connectivity index (χ0v) is 23.1. The van der Waals surface area contributed by atoms with Crippen LogP contribution >= 0.6 is 0 Å². The average Bonchev–Trinajstić information content (AvgIpc) is 3.71. The van der Waals surface area contributed by atoms with Crippen LogP contribution < -0.4 is 4.73 Å². The first-order chi connectivity index (χ1) is 21.2. The van der Waals surface area contributed by atoms with Crippen LogP contribution in [0.1, 0.15) is 0 Å². The highest BCUT2D eigenvalue weighted by molar-refractivity contribution is 5.84. The van der Waals surface area contributed by atoms with Gasteiger partial charge in [0, 0.05) is 35.9 Å². The van der Waals surface area contributed by atoms with Crippen molar-refractivity contribution in [1.82, 2.24) is 24.1 Å². The van der Waals surface area contributed by atoms with Crippen molar-refractivity contribution >= 4 is 22.1 Å². The number of para-hydroxylation sites is 2. The molecule has 7 heteroatoms. The molecule has 43 heavy (non-hydrogen) atoms. The van der Waals surface area contributed by atoms with Gasteiger partial charge >= 0.3 is 0 Å². The summed E-state index contributed by atoms with van der Waals surface area (Å²) >= 11 is 0. The second-order valence-electron chi connectivity index (χ2n) is 9.99. The molecule has 7 nitrogen and oxygen atoms in total. The first kappa shape index (κ1) is 25.9. The molecule has 0 N–H and O–H groups in total. The van der Waals surface area contributed by atoms with E-state index in [0.717, 1.165) is 60.4 Å². The molecule has 0 saturated carbocycles. The quantitative estimate of drug-likeness (QED) is 0.166. The summed E-state index contributed by atoms with van der Waals surface area (Å²) in [4.78, 5) is 13.1. The fourth-order valence-electron chi connectivity index (χ4n) is 5.12. The Morgan fingerprint density at radius 3 is 1.44 bits per heavy atom. The Bertz CT molecular complexity index is 2120. The van der Waals surface area contributed by atoms with Gasteiger partial charge in [-0.3, -0.25) is 14.1 Å². The molecule has 0 unspecified atom stereocenters. The number of nitrogens with zero attached hydrogens (tertiary/aromatic N) is 6. The Balaban J connectivity index is 0.000000140. The highest BCUT2D eigenvalue weighted by atomic mass is 16.5. The van der Waals surface area contributed by atoms with Crippen LogP contribution in [0.15, 0.2) is 159 Å². The lowest BCUT2D eigenvalue weighted by Gasteiger charge is -2.05. The Morgan fingerprint density at radius 2 is 0.953 bits per heavy atom. The summed E-state index contributed by atoms with van der Waals surface area (Å²) < 4.78 is 4.95. The van der Waals surface area contributed by atoms with Gasteiger partial charge in [-0.25, -0.2) is 9.97 Å². The lowest BCUT2D eigenvalue weighted by molar-refractivity contribution is -0.605. The molecular formula is C36H26N6O. The van der Waals surface area contributed by atoms with E-state index in [2.05, 4.69) is 72.6 Å². The molecule has 0 radical (unpaired) electrons. The van der Waals surface area contributed by atoms with Gasteiger partial charge in [0.15, 0.2) is 12.4 Å². The van der Waals surface area contributed by atoms with Crippen LogP contribution in [-0.2, 0) is 0 Å². The van der Waals surface area contributed by atoms with E-state index < -0.39 is 0 Å². The normalized spacial score (nSPS) is 10.9. The second-order valence-corrected chi connectivity index (χ2v) is 9.99. The summed E-state index contributed by atoms with van der Waals surface area (Å²) in [5.41, 5.74) is 10.7. The maximum atomic E-state index is 11.1. The molecule has 8 rings (SSSR count). The SMILES string of the molecule is [O-][n+]1ccc(-c2ccc3c(c2)ncn3-c2ccccc2)cc1.c1ccc(-n2cnc3cc(-c4ccncc4)ccc32)cc1. The molecule has 4 aromatic heterocycles. The van der Waals surface area contributed by atoms with Gasteiger partial charge < -0.3 is 5.21 Å². The minimum atomic E-state index is 0.784. The molecule has 0 aliphatic carbocycles. The molecule has 0 amide bonds. The van der Waals surface area contributed by atoms with Gasteiger partial charge in [0.05, 0.1) is 22.1 Å². The maximum Gasteiger partial charge on any atom is 0.180 e. The number of aromatic nitrogens is 6. The molecule has 0 aliphatic rings. The van der Waals surface area contributed by atoms with Crippen LogP contribution in [0, 0.1) is 5.21 Å². The third-order valence-electron chi connectivity index (χ3n) is 7.31. The zero-order chi connectivity index (χ0) is 29.0. The van der Waals surface area contributed by atoms with Gasteiger partial charge in [-0.05, 0) is 82.9 Å². The minimum absolute atomic E-state index is 0.784. The number of rotatable bonds is 4. The Hall–Kier alpha value is -6.08. The number of hydrogen-bond donors (Lipinski definition) is 0. The summed E-state index contributed by atoms with van der Waals surface area (Å²) in [5.74, 6) is 0. The van der Waals surface area contributed by atoms with E-state index >= 15 is 0 Å². The van der Waals surface area contributed by atoms with Crippen LogP contribution in [0.4, 0.5) is 0 Å². The van der Waals surface area contributed by atoms with Crippen molar-refractivity contribution in [3.8, 4) is 33.6 Å². The summed E-state index contributed by atoms with van der Waals surface area (Å²) in [6.45, 7) is 0. The van der Waals surface area contributed by atoms with Gasteiger partial charge in [0.1, 0.15) is 12.7 Å². The lowest BCUT2D eigenvalue weighted by atomic mass is 10.1. The lowest BCUT2D eigenvalue weighted by Crippen LogP contribution is -2.23. The molecule has 0 bridgehead atoms. The summed E-state index contributed by atoms with van der Waals surface area (Å²) in [6, 6.07) is 40.5. The third-order valence-corrected chi connectivity index (χ3v) is 7.31. The van der Waals surface area contributed by atoms with Crippen molar-refractivity contribution in [3.05, 3.63) is 164 Å². The van der Waals surface area contributed by atoms with E-state index in [0.29, 0.717) is 0 Å². The predicted molar refractivity (Wildman–Crippen MR) is 170 cm³/mol. The third kappa shape index (κ3) is 5.35. The molecule has 0 atom stereocenters. The first-order valence-electron chi connectivity index (χ1n) is 13.9. The second kappa shape index (κ2) is 11.4. The molecule has 0 aliphatic heterocycles.